The monoisotopic (exact) mass is 160 g/mol. The van der Waals surface area contributed by atoms with Crippen molar-refractivity contribution in [2.24, 2.45) is 5.73 Å². The maximum atomic E-state index is 10.7. The highest BCUT2D eigenvalue weighted by atomic mass is 32.2. The third-order valence-corrected chi connectivity index (χ3v) is 3.28. The van der Waals surface area contributed by atoms with Gasteiger partial charge >= 0.3 is 0 Å². The predicted molar refractivity (Wildman–Crippen MR) is 35.8 cm³/mol. The molecule has 1 aliphatic carbocycles. The van der Waals surface area contributed by atoms with E-state index in [-0.39, 0.29) is 6.42 Å². The van der Waals surface area contributed by atoms with Crippen molar-refractivity contribution in [3.8, 4) is 6.07 Å². The molecule has 4 nitrogen and oxygen atoms in total. The van der Waals surface area contributed by atoms with Gasteiger partial charge in [-0.2, -0.15) is 5.26 Å². The van der Waals surface area contributed by atoms with Crippen molar-refractivity contribution in [3.63, 3.8) is 0 Å². The summed E-state index contributed by atoms with van der Waals surface area (Å²) in [6.07, 6.45) is 1.38. The minimum absolute atomic E-state index is 0.280. The fourth-order valence-corrected chi connectivity index (χ4v) is 2.29. The van der Waals surface area contributed by atoms with Crippen LogP contribution >= 0.6 is 0 Å². The summed E-state index contributed by atoms with van der Waals surface area (Å²) in [5.74, 6) is 0. The Balaban J connectivity index is 2.83. The Kier molecular flexibility index (Phi) is 1.28. The molecule has 0 amide bonds. The minimum atomic E-state index is -3.10. The smallest absolute Gasteiger partial charge is 0.153 e. The number of hydrogen-bond acceptors (Lipinski definition) is 4. The van der Waals surface area contributed by atoms with E-state index in [0.29, 0.717) is 0 Å². The number of hydrogen-bond donors (Lipinski definition) is 1. The van der Waals surface area contributed by atoms with Crippen LogP contribution < -0.4 is 5.73 Å². The SMILES string of the molecule is CS(=O)(=O)C1CC1(N)C#N. The Morgan fingerprint density at radius 1 is 1.80 bits per heavy atom. The highest BCUT2D eigenvalue weighted by molar-refractivity contribution is 7.91. The zero-order valence-corrected chi connectivity index (χ0v) is 6.35. The minimum Gasteiger partial charge on any atom is -0.312 e. The lowest BCUT2D eigenvalue weighted by Gasteiger charge is -1.96. The van der Waals surface area contributed by atoms with Crippen molar-refractivity contribution in [3.05, 3.63) is 0 Å². The molecule has 0 heterocycles. The lowest BCUT2D eigenvalue weighted by Crippen LogP contribution is -2.27. The Morgan fingerprint density at radius 2 is 2.30 bits per heavy atom. The van der Waals surface area contributed by atoms with Gasteiger partial charge in [0.25, 0.3) is 0 Å². The van der Waals surface area contributed by atoms with Crippen molar-refractivity contribution in [2.45, 2.75) is 17.2 Å². The van der Waals surface area contributed by atoms with Crippen LogP contribution in [0.15, 0.2) is 0 Å². The lowest BCUT2D eigenvalue weighted by atomic mass is 10.3. The van der Waals surface area contributed by atoms with Crippen LogP contribution in [0.3, 0.4) is 0 Å². The third kappa shape index (κ3) is 1.00. The first-order valence-electron chi connectivity index (χ1n) is 2.79. The molecule has 0 spiro atoms. The highest BCUT2D eigenvalue weighted by Crippen LogP contribution is 2.38. The highest BCUT2D eigenvalue weighted by Gasteiger charge is 2.58. The molecule has 0 bridgehead atoms. The molecule has 1 fully saturated rings. The Hall–Kier alpha value is -0.600. The van der Waals surface area contributed by atoms with Crippen LogP contribution in [0.1, 0.15) is 6.42 Å². The molecule has 0 aromatic heterocycles. The van der Waals surface area contributed by atoms with Crippen LogP contribution in [0.4, 0.5) is 0 Å². The fraction of sp³-hybridized carbons (Fsp3) is 0.800. The summed E-state index contributed by atoms with van der Waals surface area (Å²) in [7, 11) is -3.10. The Morgan fingerprint density at radius 3 is 2.40 bits per heavy atom. The molecular weight excluding hydrogens is 152 g/mol. The lowest BCUT2D eigenvalue weighted by molar-refractivity contribution is 0.598. The first kappa shape index (κ1) is 7.51. The third-order valence-electron chi connectivity index (χ3n) is 1.66. The van der Waals surface area contributed by atoms with Crippen molar-refractivity contribution in [1.82, 2.24) is 0 Å². The Bertz CT molecular complexity index is 289. The molecule has 56 valence electrons. The van der Waals surface area contributed by atoms with Gasteiger partial charge in [0.15, 0.2) is 9.84 Å². The summed E-state index contributed by atoms with van der Waals surface area (Å²) in [5.41, 5.74) is 4.25. The second kappa shape index (κ2) is 1.71. The average Bonchev–Trinajstić information content (AvgIpc) is 2.43. The molecule has 0 radical (unpaired) electrons. The molecule has 2 atom stereocenters. The summed E-state index contributed by atoms with van der Waals surface area (Å²) in [6, 6.07) is 1.77. The van der Waals surface area contributed by atoms with E-state index in [4.69, 9.17) is 11.0 Å². The van der Waals surface area contributed by atoms with E-state index in [1.807, 2.05) is 0 Å². The second-order valence-corrected chi connectivity index (χ2v) is 4.90. The Labute approximate surface area is 59.6 Å². The number of nitrogens with two attached hydrogens (primary N) is 1. The number of sulfone groups is 1. The van der Waals surface area contributed by atoms with Crippen molar-refractivity contribution in [2.75, 3.05) is 6.26 Å². The van der Waals surface area contributed by atoms with Gasteiger partial charge in [-0.05, 0) is 6.42 Å². The fourth-order valence-electron chi connectivity index (χ4n) is 0.899. The molecular formula is C5H8N2O2S. The number of nitriles is 1. The average molecular weight is 160 g/mol. The van der Waals surface area contributed by atoms with Gasteiger partial charge in [-0.15, -0.1) is 0 Å². The zero-order valence-electron chi connectivity index (χ0n) is 5.53. The predicted octanol–water partition coefficient (Wildman–Crippen LogP) is -0.976. The summed E-state index contributed by atoms with van der Waals surface area (Å²) in [6.45, 7) is 0. The zero-order chi connectivity index (χ0) is 7.99. The van der Waals surface area contributed by atoms with Gasteiger partial charge in [-0.3, -0.25) is 0 Å². The normalized spacial score (nSPS) is 38.7. The van der Waals surface area contributed by atoms with Crippen molar-refractivity contribution < 1.29 is 8.42 Å². The summed E-state index contributed by atoms with van der Waals surface area (Å²) >= 11 is 0. The topological polar surface area (TPSA) is 83.9 Å². The first-order valence-corrected chi connectivity index (χ1v) is 4.74. The number of nitrogens with zero attached hydrogens (tertiary/aromatic N) is 1. The molecule has 1 saturated carbocycles. The molecule has 0 aliphatic heterocycles. The molecule has 2 unspecified atom stereocenters. The van der Waals surface area contributed by atoms with E-state index in [0.717, 1.165) is 6.26 Å². The van der Waals surface area contributed by atoms with Crippen LogP contribution in [0.2, 0.25) is 0 Å². The van der Waals surface area contributed by atoms with E-state index in [1.54, 1.807) is 6.07 Å². The molecule has 0 saturated heterocycles. The van der Waals surface area contributed by atoms with Crippen LogP contribution in [0.5, 0.6) is 0 Å². The molecule has 0 aromatic rings. The van der Waals surface area contributed by atoms with Gasteiger partial charge in [0.1, 0.15) is 5.54 Å². The van der Waals surface area contributed by atoms with Crippen molar-refractivity contribution in [1.29, 1.82) is 5.26 Å². The maximum absolute atomic E-state index is 10.7. The van der Waals surface area contributed by atoms with E-state index >= 15 is 0 Å². The van der Waals surface area contributed by atoms with Gasteiger partial charge in [0.05, 0.1) is 11.3 Å². The van der Waals surface area contributed by atoms with Gasteiger partial charge in [0, 0.05) is 6.26 Å². The van der Waals surface area contributed by atoms with E-state index in [9.17, 15) is 8.42 Å². The quantitative estimate of drug-likeness (QED) is 0.534. The largest absolute Gasteiger partial charge is 0.312 e. The second-order valence-electron chi connectivity index (χ2n) is 2.67. The van der Waals surface area contributed by atoms with E-state index in [2.05, 4.69) is 0 Å². The molecule has 0 aromatic carbocycles. The maximum Gasteiger partial charge on any atom is 0.153 e. The van der Waals surface area contributed by atoms with Gasteiger partial charge < -0.3 is 5.73 Å². The molecule has 5 heteroatoms. The molecule has 2 N–H and O–H groups in total. The van der Waals surface area contributed by atoms with E-state index in [1.165, 1.54) is 0 Å². The van der Waals surface area contributed by atoms with Crippen LogP contribution in [0, 0.1) is 11.3 Å². The first-order chi connectivity index (χ1) is 4.40. The van der Waals surface area contributed by atoms with Crippen LogP contribution in [-0.4, -0.2) is 25.5 Å². The van der Waals surface area contributed by atoms with Crippen LogP contribution in [-0.2, 0) is 9.84 Å². The summed E-state index contributed by atoms with van der Waals surface area (Å²) < 4.78 is 21.5. The molecule has 10 heavy (non-hydrogen) atoms. The van der Waals surface area contributed by atoms with Gasteiger partial charge in [0.2, 0.25) is 0 Å². The number of rotatable bonds is 1. The molecule has 1 rings (SSSR count). The summed E-state index contributed by atoms with van der Waals surface area (Å²) in [4.78, 5) is 0. The molecule has 1 aliphatic rings. The standard InChI is InChI=1S/C5H8N2O2S/c1-10(8,9)4-2-5(4,7)3-6/h4H,2,7H2,1H3. The van der Waals surface area contributed by atoms with Gasteiger partial charge in [-0.25, -0.2) is 8.42 Å². The summed E-state index contributed by atoms with van der Waals surface area (Å²) in [5, 5.41) is 7.73. The van der Waals surface area contributed by atoms with Crippen molar-refractivity contribution >= 4 is 9.84 Å². The van der Waals surface area contributed by atoms with Crippen LogP contribution in [0.25, 0.3) is 0 Å². The van der Waals surface area contributed by atoms with E-state index < -0.39 is 20.6 Å². The van der Waals surface area contributed by atoms with Gasteiger partial charge in [-0.1, -0.05) is 0 Å².